The van der Waals surface area contributed by atoms with E-state index in [-0.39, 0.29) is 17.0 Å². The first-order valence-corrected chi connectivity index (χ1v) is 11.5. The highest BCUT2D eigenvalue weighted by atomic mass is 19.2. The van der Waals surface area contributed by atoms with Crippen LogP contribution in [0, 0.1) is 46.9 Å². The number of hydrogen-bond acceptors (Lipinski definition) is 0. The van der Waals surface area contributed by atoms with Crippen molar-refractivity contribution in [3.8, 4) is 11.8 Å². The van der Waals surface area contributed by atoms with Gasteiger partial charge >= 0.3 is 0 Å². The second-order valence-electron chi connectivity index (χ2n) is 9.18. The third kappa shape index (κ3) is 5.50. The number of benzene rings is 2. The fourth-order valence-corrected chi connectivity index (χ4v) is 5.21. The van der Waals surface area contributed by atoms with Gasteiger partial charge < -0.3 is 0 Å². The maximum absolute atomic E-state index is 14.6. The Morgan fingerprint density at radius 3 is 1.87 bits per heavy atom. The van der Waals surface area contributed by atoms with E-state index >= 15 is 0 Å². The topological polar surface area (TPSA) is 0 Å². The summed E-state index contributed by atoms with van der Waals surface area (Å²) < 4.78 is 55.5. The largest absolute Gasteiger partial charge is 0.206 e. The van der Waals surface area contributed by atoms with Gasteiger partial charge in [-0.2, -0.15) is 0 Å². The zero-order valence-electron chi connectivity index (χ0n) is 17.7. The molecule has 4 rings (SSSR count). The summed E-state index contributed by atoms with van der Waals surface area (Å²) in [6.07, 6.45) is 12.4. The Morgan fingerprint density at radius 2 is 1.26 bits per heavy atom. The normalized spacial score (nSPS) is 21.7. The van der Waals surface area contributed by atoms with E-state index in [0.29, 0.717) is 5.56 Å². The highest BCUT2D eigenvalue weighted by molar-refractivity contribution is 5.45. The van der Waals surface area contributed by atoms with Crippen LogP contribution < -0.4 is 0 Å². The summed E-state index contributed by atoms with van der Waals surface area (Å²) in [6.45, 7) is 0. The lowest BCUT2D eigenvalue weighted by atomic mass is 9.76. The van der Waals surface area contributed by atoms with E-state index in [0.717, 1.165) is 49.7 Å². The summed E-state index contributed by atoms with van der Waals surface area (Å²) in [5.74, 6) is 3.37. The van der Waals surface area contributed by atoms with E-state index in [2.05, 4.69) is 11.8 Å². The molecule has 164 valence electrons. The Morgan fingerprint density at radius 1 is 0.645 bits per heavy atom. The maximum Gasteiger partial charge on any atom is 0.160 e. The summed E-state index contributed by atoms with van der Waals surface area (Å²) in [4.78, 5) is 0. The van der Waals surface area contributed by atoms with Crippen LogP contribution in [0.5, 0.6) is 0 Å². The van der Waals surface area contributed by atoms with Crippen LogP contribution in [-0.2, 0) is 0 Å². The van der Waals surface area contributed by atoms with Crippen molar-refractivity contribution in [1.82, 2.24) is 0 Å². The Labute approximate surface area is 182 Å². The van der Waals surface area contributed by atoms with Gasteiger partial charge in [0.05, 0.1) is 5.56 Å². The molecule has 0 bridgehead atoms. The van der Waals surface area contributed by atoms with E-state index in [9.17, 15) is 17.6 Å². The van der Waals surface area contributed by atoms with Gasteiger partial charge in [0, 0.05) is 5.56 Å². The summed E-state index contributed by atoms with van der Waals surface area (Å²) in [7, 11) is 0. The number of rotatable bonds is 4. The summed E-state index contributed by atoms with van der Waals surface area (Å²) >= 11 is 0. The molecule has 31 heavy (non-hydrogen) atoms. The molecule has 2 fully saturated rings. The van der Waals surface area contributed by atoms with Crippen LogP contribution >= 0.6 is 0 Å². The molecule has 0 nitrogen and oxygen atoms in total. The van der Waals surface area contributed by atoms with E-state index in [1.807, 2.05) is 0 Å². The second kappa shape index (κ2) is 9.90. The smallest absolute Gasteiger partial charge is 0.160 e. The lowest BCUT2D eigenvalue weighted by molar-refractivity contribution is 0.286. The molecule has 4 heteroatoms. The van der Waals surface area contributed by atoms with Crippen LogP contribution in [0.4, 0.5) is 17.6 Å². The van der Waals surface area contributed by atoms with Gasteiger partial charge in [0.25, 0.3) is 0 Å². The lowest BCUT2D eigenvalue weighted by Crippen LogP contribution is -2.15. The first kappa shape index (κ1) is 21.9. The minimum atomic E-state index is -1.04. The molecular formula is C27H28F4. The van der Waals surface area contributed by atoms with Gasteiger partial charge in [-0.25, -0.2) is 17.6 Å². The van der Waals surface area contributed by atoms with Gasteiger partial charge in [0.15, 0.2) is 11.6 Å². The lowest BCUT2D eigenvalue weighted by Gasteiger charge is -2.29. The average Bonchev–Trinajstić information content (AvgIpc) is 3.28. The molecule has 2 aromatic rings. The molecule has 0 aliphatic heterocycles. The van der Waals surface area contributed by atoms with Gasteiger partial charge in [0.1, 0.15) is 11.6 Å². The molecule has 0 N–H and O–H groups in total. The predicted octanol–water partition coefficient (Wildman–Crippen LogP) is 7.89. The highest BCUT2D eigenvalue weighted by Gasteiger charge is 2.25. The van der Waals surface area contributed by atoms with Crippen LogP contribution in [0.15, 0.2) is 30.3 Å². The Kier molecular flexibility index (Phi) is 7.00. The van der Waals surface area contributed by atoms with Crippen LogP contribution in [-0.4, -0.2) is 0 Å². The number of hydrogen-bond donors (Lipinski definition) is 0. The van der Waals surface area contributed by atoms with Crippen molar-refractivity contribution in [2.75, 3.05) is 0 Å². The molecule has 2 saturated carbocycles. The molecule has 2 aliphatic rings. The average molecular weight is 429 g/mol. The first-order chi connectivity index (χ1) is 15.0. The molecular weight excluding hydrogens is 400 g/mol. The minimum absolute atomic E-state index is 0.165. The van der Waals surface area contributed by atoms with Crippen LogP contribution in [0.3, 0.4) is 0 Å². The van der Waals surface area contributed by atoms with E-state index in [4.69, 9.17) is 0 Å². The fraction of sp³-hybridized carbons (Fsp3) is 0.481. The second-order valence-corrected chi connectivity index (χ2v) is 9.18. The SMILES string of the molecule is Fc1ccc(C#Cc2c(F)cc(C3CCC(CCC4CCCC4)CC3)cc2F)cc1F. The summed E-state index contributed by atoms with van der Waals surface area (Å²) in [5, 5.41) is 0. The third-order valence-electron chi connectivity index (χ3n) is 7.09. The van der Waals surface area contributed by atoms with Crippen molar-refractivity contribution >= 4 is 0 Å². The maximum atomic E-state index is 14.6. The van der Waals surface area contributed by atoms with Gasteiger partial charge in [-0.1, -0.05) is 50.4 Å². The molecule has 0 amide bonds. The monoisotopic (exact) mass is 428 g/mol. The van der Waals surface area contributed by atoms with E-state index in [1.54, 1.807) is 0 Å². The predicted molar refractivity (Wildman–Crippen MR) is 115 cm³/mol. The minimum Gasteiger partial charge on any atom is -0.206 e. The van der Waals surface area contributed by atoms with Gasteiger partial charge in [-0.05, 0) is 79.3 Å². The van der Waals surface area contributed by atoms with Crippen molar-refractivity contribution in [3.63, 3.8) is 0 Å². The molecule has 2 aliphatic carbocycles. The molecule has 0 spiro atoms. The van der Waals surface area contributed by atoms with E-state index in [1.165, 1.54) is 56.7 Å². The number of halogens is 4. The molecule has 0 unspecified atom stereocenters. The fourth-order valence-electron chi connectivity index (χ4n) is 5.21. The molecule has 0 radical (unpaired) electrons. The van der Waals surface area contributed by atoms with Crippen molar-refractivity contribution in [3.05, 3.63) is 70.3 Å². The van der Waals surface area contributed by atoms with Crippen LogP contribution in [0.1, 0.15) is 86.8 Å². The van der Waals surface area contributed by atoms with Crippen LogP contribution in [0.25, 0.3) is 0 Å². The van der Waals surface area contributed by atoms with Crippen molar-refractivity contribution in [2.45, 2.75) is 70.1 Å². The van der Waals surface area contributed by atoms with E-state index < -0.39 is 23.3 Å². The van der Waals surface area contributed by atoms with Gasteiger partial charge in [-0.3, -0.25) is 0 Å². The molecule has 2 aromatic carbocycles. The third-order valence-corrected chi connectivity index (χ3v) is 7.09. The molecule has 0 aromatic heterocycles. The van der Waals surface area contributed by atoms with Gasteiger partial charge in [-0.15, -0.1) is 0 Å². The van der Waals surface area contributed by atoms with Crippen molar-refractivity contribution < 1.29 is 17.6 Å². The molecule has 0 atom stereocenters. The molecule has 0 saturated heterocycles. The highest BCUT2D eigenvalue weighted by Crippen LogP contribution is 2.40. The Bertz CT molecular complexity index is 947. The molecule has 0 heterocycles. The standard InChI is InChI=1S/C27H28F4/c28-24-14-10-20(15-27(24)31)9-13-23-25(29)16-22(17-26(23)30)21-11-7-19(8-12-21)6-5-18-3-1-2-4-18/h10,14-19,21H,1-8,11-12H2. The quantitative estimate of drug-likeness (QED) is 0.343. The Hall–Kier alpha value is -2.28. The van der Waals surface area contributed by atoms with Crippen molar-refractivity contribution in [1.29, 1.82) is 0 Å². The Balaban J connectivity index is 1.38. The van der Waals surface area contributed by atoms with Crippen LogP contribution in [0.2, 0.25) is 0 Å². The summed E-state index contributed by atoms with van der Waals surface area (Å²) in [6, 6.07) is 5.92. The zero-order chi connectivity index (χ0) is 21.8. The summed E-state index contributed by atoms with van der Waals surface area (Å²) in [5.41, 5.74) is 0.527. The van der Waals surface area contributed by atoms with Gasteiger partial charge in [0.2, 0.25) is 0 Å². The first-order valence-electron chi connectivity index (χ1n) is 11.5. The van der Waals surface area contributed by atoms with Crippen molar-refractivity contribution in [2.24, 2.45) is 11.8 Å². The zero-order valence-corrected chi connectivity index (χ0v) is 17.7.